The van der Waals surface area contributed by atoms with Crippen molar-refractivity contribution in [1.29, 1.82) is 0 Å². The van der Waals surface area contributed by atoms with Crippen molar-refractivity contribution in [2.45, 2.75) is 12.5 Å². The fourth-order valence-electron chi connectivity index (χ4n) is 3.90. The van der Waals surface area contributed by atoms with Gasteiger partial charge in [-0.25, -0.2) is 13.6 Å². The molecule has 0 saturated heterocycles. The first-order valence-electron chi connectivity index (χ1n) is 11.5. The predicted octanol–water partition coefficient (Wildman–Crippen LogP) is 5.57. The van der Waals surface area contributed by atoms with Crippen molar-refractivity contribution >= 4 is 29.0 Å². The third kappa shape index (κ3) is 6.60. The Hall–Kier alpha value is -4.70. The molecule has 198 valence electrons. The first-order chi connectivity index (χ1) is 18.6. The molecule has 0 bridgehead atoms. The van der Waals surface area contributed by atoms with Gasteiger partial charge in [0, 0.05) is 35.3 Å². The van der Waals surface area contributed by atoms with E-state index in [1.807, 2.05) is 0 Å². The number of ether oxygens (including phenoxy) is 1. The maximum Gasteiger partial charge on any atom is 0.330 e. The number of Topliss-reactive ketones (excluding diaryl/α,β-unsaturated/α-hetero) is 1. The summed E-state index contributed by atoms with van der Waals surface area (Å²) in [5.41, 5.74) is -0.00689. The average Bonchev–Trinajstić information content (AvgIpc) is 2.91. The second kappa shape index (κ2) is 11.8. The smallest absolute Gasteiger partial charge is 0.330 e. The third-order valence-electron chi connectivity index (χ3n) is 5.88. The molecule has 0 saturated carbocycles. The van der Waals surface area contributed by atoms with Crippen LogP contribution in [0.15, 0.2) is 89.9 Å². The number of rotatable bonds is 9. The molecule has 0 fully saturated rings. The minimum Gasteiger partial charge on any atom is -0.456 e. The van der Waals surface area contributed by atoms with E-state index in [-0.39, 0.29) is 33.8 Å². The van der Waals surface area contributed by atoms with Gasteiger partial charge in [0.05, 0.1) is 10.5 Å². The quantitative estimate of drug-likeness (QED) is 0.116. The van der Waals surface area contributed by atoms with E-state index < -0.39 is 46.5 Å². The van der Waals surface area contributed by atoms with Crippen LogP contribution >= 0.6 is 11.6 Å². The number of carbonyl (C=O) groups excluding carboxylic acids is 2. The molecular formula is C28H19ClF2N2O6. The van der Waals surface area contributed by atoms with Crippen molar-refractivity contribution in [2.75, 3.05) is 6.61 Å². The molecule has 0 aliphatic heterocycles. The lowest BCUT2D eigenvalue weighted by molar-refractivity contribution is -0.384. The van der Waals surface area contributed by atoms with Crippen LogP contribution in [-0.4, -0.2) is 27.8 Å². The summed E-state index contributed by atoms with van der Waals surface area (Å²) < 4.78 is 32.9. The standard InChI is InChI=1S/C28H19ClF2N2O6/c29-20-5-10-24(33(37)38)23(15-20)19-11-12-32(27(35)14-19)25(13-17-1-6-21(30)7-2-17)28(36)39-16-26(34)18-3-8-22(31)9-4-18/h1-12,14-15,25H,13,16H2. The van der Waals surface area contributed by atoms with Crippen LogP contribution in [0.5, 0.6) is 0 Å². The summed E-state index contributed by atoms with van der Waals surface area (Å²) in [6.45, 7) is -0.661. The SMILES string of the molecule is O=C(COC(=O)C(Cc1ccc(F)cc1)n1ccc(-c2cc(Cl)ccc2[N+](=O)[O-])cc1=O)c1ccc(F)cc1. The second-order valence-electron chi connectivity index (χ2n) is 8.46. The first-order valence-corrected chi connectivity index (χ1v) is 11.9. The van der Waals surface area contributed by atoms with Crippen LogP contribution in [0.2, 0.25) is 5.02 Å². The highest BCUT2D eigenvalue weighted by atomic mass is 35.5. The van der Waals surface area contributed by atoms with Crippen LogP contribution in [0.3, 0.4) is 0 Å². The van der Waals surface area contributed by atoms with Crippen LogP contribution in [0.4, 0.5) is 14.5 Å². The highest BCUT2D eigenvalue weighted by Crippen LogP contribution is 2.32. The summed E-state index contributed by atoms with van der Waals surface area (Å²) in [6, 6.07) is 15.2. The molecule has 0 aliphatic rings. The van der Waals surface area contributed by atoms with Crippen LogP contribution in [-0.2, 0) is 16.0 Å². The molecule has 1 atom stereocenters. The number of hydrogen-bond acceptors (Lipinski definition) is 6. The lowest BCUT2D eigenvalue weighted by atomic mass is 10.0. The largest absolute Gasteiger partial charge is 0.456 e. The maximum atomic E-state index is 13.4. The maximum absolute atomic E-state index is 13.4. The number of nitrogens with zero attached hydrogens (tertiary/aromatic N) is 2. The van der Waals surface area contributed by atoms with Crippen LogP contribution < -0.4 is 5.56 Å². The Morgan fingerprint density at radius 1 is 0.949 bits per heavy atom. The lowest BCUT2D eigenvalue weighted by Gasteiger charge is -2.19. The summed E-state index contributed by atoms with van der Waals surface area (Å²) in [6.07, 6.45) is 1.19. The zero-order valence-electron chi connectivity index (χ0n) is 20.1. The third-order valence-corrected chi connectivity index (χ3v) is 6.11. The number of aromatic nitrogens is 1. The van der Waals surface area contributed by atoms with Gasteiger partial charge in [-0.05, 0) is 65.7 Å². The number of halogens is 3. The van der Waals surface area contributed by atoms with Crippen molar-refractivity contribution in [1.82, 2.24) is 4.57 Å². The van der Waals surface area contributed by atoms with Gasteiger partial charge < -0.3 is 9.30 Å². The molecule has 1 aromatic heterocycles. The molecule has 4 rings (SSSR count). The van der Waals surface area contributed by atoms with Gasteiger partial charge in [-0.2, -0.15) is 0 Å². The monoisotopic (exact) mass is 552 g/mol. The molecule has 1 unspecified atom stereocenters. The van der Waals surface area contributed by atoms with Gasteiger partial charge >= 0.3 is 5.97 Å². The summed E-state index contributed by atoms with van der Waals surface area (Å²) in [5.74, 6) is -2.53. The van der Waals surface area contributed by atoms with E-state index in [1.54, 1.807) is 0 Å². The summed E-state index contributed by atoms with van der Waals surface area (Å²) in [7, 11) is 0. The van der Waals surface area contributed by atoms with E-state index in [9.17, 15) is 33.3 Å². The molecule has 3 aromatic carbocycles. The normalized spacial score (nSPS) is 11.6. The molecule has 8 nitrogen and oxygen atoms in total. The Labute approximate surface area is 225 Å². The van der Waals surface area contributed by atoms with E-state index in [0.29, 0.717) is 5.56 Å². The Morgan fingerprint density at radius 2 is 1.59 bits per heavy atom. The second-order valence-corrected chi connectivity index (χ2v) is 8.90. The minimum absolute atomic E-state index is 0.0829. The van der Waals surface area contributed by atoms with E-state index in [0.717, 1.165) is 22.8 Å². The van der Waals surface area contributed by atoms with E-state index in [4.69, 9.17) is 16.3 Å². The molecule has 0 aliphatic carbocycles. The molecule has 1 heterocycles. The Morgan fingerprint density at radius 3 is 2.21 bits per heavy atom. The molecule has 0 amide bonds. The minimum atomic E-state index is -1.26. The summed E-state index contributed by atoms with van der Waals surface area (Å²) in [4.78, 5) is 49.6. The molecule has 0 radical (unpaired) electrons. The van der Waals surface area contributed by atoms with Crippen LogP contribution in [0.25, 0.3) is 11.1 Å². The van der Waals surface area contributed by atoms with E-state index in [1.165, 1.54) is 66.9 Å². The fraction of sp³-hybridized carbons (Fsp3) is 0.107. The number of esters is 1. The fourth-order valence-corrected chi connectivity index (χ4v) is 4.08. The topological polar surface area (TPSA) is 109 Å². The van der Waals surface area contributed by atoms with Gasteiger partial charge in [0.1, 0.15) is 17.7 Å². The zero-order valence-corrected chi connectivity index (χ0v) is 20.8. The number of ketones is 1. The zero-order chi connectivity index (χ0) is 28.1. The lowest BCUT2D eigenvalue weighted by Crippen LogP contribution is -2.33. The molecule has 11 heteroatoms. The number of benzene rings is 3. The van der Waals surface area contributed by atoms with Crippen molar-refractivity contribution in [3.8, 4) is 11.1 Å². The number of pyridine rings is 1. The highest BCUT2D eigenvalue weighted by Gasteiger charge is 2.26. The van der Waals surface area contributed by atoms with Gasteiger partial charge in [-0.1, -0.05) is 23.7 Å². The Balaban J connectivity index is 1.65. The molecular weight excluding hydrogens is 534 g/mol. The number of nitro benzene ring substituents is 1. The van der Waals surface area contributed by atoms with E-state index in [2.05, 4.69) is 0 Å². The molecule has 4 aromatic rings. The Bertz CT molecular complexity index is 1600. The van der Waals surface area contributed by atoms with Gasteiger partial charge in [0.2, 0.25) is 0 Å². The van der Waals surface area contributed by atoms with Crippen LogP contribution in [0.1, 0.15) is 22.0 Å². The molecule has 0 N–H and O–H groups in total. The number of nitro groups is 1. The molecule has 39 heavy (non-hydrogen) atoms. The number of carbonyl (C=O) groups is 2. The van der Waals surface area contributed by atoms with Gasteiger partial charge in [0.25, 0.3) is 11.2 Å². The van der Waals surface area contributed by atoms with Crippen molar-refractivity contribution in [3.63, 3.8) is 0 Å². The van der Waals surface area contributed by atoms with Gasteiger partial charge in [0.15, 0.2) is 12.4 Å². The summed E-state index contributed by atoms with van der Waals surface area (Å²) >= 11 is 6.01. The Kier molecular flexibility index (Phi) is 8.26. The highest BCUT2D eigenvalue weighted by molar-refractivity contribution is 6.31. The molecule has 0 spiro atoms. The summed E-state index contributed by atoms with van der Waals surface area (Å²) in [5, 5.41) is 11.7. The van der Waals surface area contributed by atoms with Gasteiger partial charge in [-0.15, -0.1) is 0 Å². The predicted molar refractivity (Wildman–Crippen MR) is 139 cm³/mol. The van der Waals surface area contributed by atoms with Crippen molar-refractivity contribution < 1.29 is 28.0 Å². The first kappa shape index (κ1) is 27.3. The van der Waals surface area contributed by atoms with Gasteiger partial charge in [-0.3, -0.25) is 19.7 Å². The van der Waals surface area contributed by atoms with Crippen molar-refractivity contribution in [2.24, 2.45) is 0 Å². The average molecular weight is 553 g/mol. The number of hydrogen-bond donors (Lipinski definition) is 0. The van der Waals surface area contributed by atoms with E-state index >= 15 is 0 Å². The van der Waals surface area contributed by atoms with Crippen LogP contribution in [0, 0.1) is 21.7 Å². The van der Waals surface area contributed by atoms with Crippen molar-refractivity contribution in [3.05, 3.63) is 133 Å².